The summed E-state index contributed by atoms with van der Waals surface area (Å²) >= 11 is 3.46. The number of morpholine rings is 1. The van der Waals surface area contributed by atoms with Gasteiger partial charge in [-0.1, -0.05) is 15.9 Å². The summed E-state index contributed by atoms with van der Waals surface area (Å²) < 4.78 is 12.6. The Hall–Kier alpha value is -0.620. The van der Waals surface area contributed by atoms with Gasteiger partial charge < -0.3 is 20.1 Å². The summed E-state index contributed by atoms with van der Waals surface area (Å²) in [5.41, 5.74) is 6.99. The van der Waals surface area contributed by atoms with Gasteiger partial charge in [0.05, 0.1) is 6.61 Å². The van der Waals surface area contributed by atoms with E-state index in [-0.39, 0.29) is 12.1 Å². The first kappa shape index (κ1) is 14.8. The summed E-state index contributed by atoms with van der Waals surface area (Å²) in [4.78, 5) is 2.26. The van der Waals surface area contributed by atoms with Crippen molar-refractivity contribution in [3.63, 3.8) is 0 Å². The Bertz CT molecular complexity index is 426. The fourth-order valence-corrected chi connectivity index (χ4v) is 2.54. The summed E-state index contributed by atoms with van der Waals surface area (Å²) in [7, 11) is 2.10. The number of nitrogens with two attached hydrogens (primary N) is 1. The summed E-state index contributed by atoms with van der Waals surface area (Å²) in [5, 5.41) is 0. The van der Waals surface area contributed by atoms with Gasteiger partial charge in [-0.05, 0) is 32.2 Å². The molecule has 106 valence electrons. The lowest BCUT2D eigenvalue weighted by Crippen LogP contribution is -2.42. The fraction of sp³-hybridized carbons (Fsp3) is 0.571. The molecule has 19 heavy (non-hydrogen) atoms. The smallest absolute Gasteiger partial charge is 0.124 e. The van der Waals surface area contributed by atoms with E-state index in [2.05, 4.69) is 27.9 Å². The Labute approximate surface area is 123 Å². The first-order valence-electron chi connectivity index (χ1n) is 6.54. The maximum atomic E-state index is 5.97. The number of likely N-dealkylation sites (N-methyl/N-ethyl adjacent to an activating group) is 1. The zero-order valence-electron chi connectivity index (χ0n) is 11.4. The second-order valence-corrected chi connectivity index (χ2v) is 5.95. The molecule has 5 heteroatoms. The van der Waals surface area contributed by atoms with E-state index in [1.165, 1.54) is 0 Å². The molecule has 1 aromatic rings. The Morgan fingerprint density at radius 3 is 3.05 bits per heavy atom. The van der Waals surface area contributed by atoms with Gasteiger partial charge in [-0.3, -0.25) is 0 Å². The second kappa shape index (κ2) is 6.70. The molecule has 0 amide bonds. The van der Waals surface area contributed by atoms with Gasteiger partial charge in [0.15, 0.2) is 0 Å². The molecule has 1 unspecified atom stereocenters. The van der Waals surface area contributed by atoms with E-state index < -0.39 is 0 Å². The highest BCUT2D eigenvalue weighted by Gasteiger charge is 2.19. The second-order valence-electron chi connectivity index (χ2n) is 5.04. The summed E-state index contributed by atoms with van der Waals surface area (Å²) in [5.74, 6) is 0.843. The minimum Gasteiger partial charge on any atom is -0.490 e. The van der Waals surface area contributed by atoms with Crippen molar-refractivity contribution in [2.24, 2.45) is 5.73 Å². The predicted octanol–water partition coefficient (Wildman–Crippen LogP) is 2.18. The Morgan fingerprint density at radius 1 is 1.58 bits per heavy atom. The number of hydrogen-bond acceptors (Lipinski definition) is 4. The lowest BCUT2D eigenvalue weighted by Gasteiger charge is -2.30. The third kappa shape index (κ3) is 4.18. The van der Waals surface area contributed by atoms with Gasteiger partial charge in [-0.15, -0.1) is 0 Å². The van der Waals surface area contributed by atoms with Crippen LogP contribution in [-0.4, -0.2) is 44.4 Å². The molecule has 0 aromatic heterocycles. The van der Waals surface area contributed by atoms with Crippen LogP contribution in [0.4, 0.5) is 0 Å². The minimum absolute atomic E-state index is 0.0533. The van der Waals surface area contributed by atoms with E-state index in [0.717, 1.165) is 35.5 Å². The predicted molar refractivity (Wildman–Crippen MR) is 79.5 cm³/mol. The van der Waals surface area contributed by atoms with Crippen LogP contribution in [0.2, 0.25) is 0 Å². The molecular formula is C14H21BrN2O2. The molecule has 2 atom stereocenters. The van der Waals surface area contributed by atoms with E-state index in [4.69, 9.17) is 15.2 Å². The molecule has 4 nitrogen and oxygen atoms in total. The molecule has 2 rings (SSSR count). The van der Waals surface area contributed by atoms with Gasteiger partial charge >= 0.3 is 0 Å². The van der Waals surface area contributed by atoms with Crippen molar-refractivity contribution in [3.8, 4) is 5.75 Å². The van der Waals surface area contributed by atoms with Crippen LogP contribution in [0.15, 0.2) is 22.7 Å². The first-order valence-corrected chi connectivity index (χ1v) is 7.33. The fourth-order valence-electron chi connectivity index (χ4n) is 2.16. The van der Waals surface area contributed by atoms with Crippen molar-refractivity contribution >= 4 is 15.9 Å². The van der Waals surface area contributed by atoms with Crippen LogP contribution < -0.4 is 10.5 Å². The number of hydrogen-bond donors (Lipinski definition) is 1. The molecule has 0 saturated carbocycles. The Morgan fingerprint density at radius 2 is 2.37 bits per heavy atom. The van der Waals surface area contributed by atoms with Gasteiger partial charge in [0.1, 0.15) is 18.5 Å². The van der Waals surface area contributed by atoms with Crippen molar-refractivity contribution in [2.75, 3.05) is 33.4 Å². The van der Waals surface area contributed by atoms with E-state index in [0.29, 0.717) is 6.61 Å². The molecule has 0 radical (unpaired) electrons. The number of nitrogens with zero attached hydrogens (tertiary/aromatic N) is 1. The lowest BCUT2D eigenvalue weighted by molar-refractivity contribution is -0.0405. The average molecular weight is 329 g/mol. The normalized spacial score (nSPS) is 22.2. The van der Waals surface area contributed by atoms with Crippen molar-refractivity contribution in [1.82, 2.24) is 4.90 Å². The third-order valence-electron chi connectivity index (χ3n) is 3.23. The molecular weight excluding hydrogens is 308 g/mol. The molecule has 1 heterocycles. The lowest BCUT2D eigenvalue weighted by atomic mass is 10.1. The summed E-state index contributed by atoms with van der Waals surface area (Å²) in [6.45, 7) is 5.18. The van der Waals surface area contributed by atoms with Crippen LogP contribution in [0, 0.1) is 0 Å². The van der Waals surface area contributed by atoms with Gasteiger partial charge in [-0.25, -0.2) is 0 Å². The highest BCUT2D eigenvalue weighted by Crippen LogP contribution is 2.27. The number of ether oxygens (including phenoxy) is 2. The van der Waals surface area contributed by atoms with E-state index in [1.54, 1.807) is 0 Å². The highest BCUT2D eigenvalue weighted by molar-refractivity contribution is 9.10. The molecule has 1 aliphatic heterocycles. The first-order chi connectivity index (χ1) is 9.06. The molecule has 2 N–H and O–H groups in total. The van der Waals surface area contributed by atoms with Gasteiger partial charge in [0.25, 0.3) is 0 Å². The van der Waals surface area contributed by atoms with Crippen LogP contribution in [0.3, 0.4) is 0 Å². The molecule has 1 saturated heterocycles. The zero-order chi connectivity index (χ0) is 13.8. The van der Waals surface area contributed by atoms with E-state index in [9.17, 15) is 0 Å². The quantitative estimate of drug-likeness (QED) is 0.920. The monoisotopic (exact) mass is 328 g/mol. The maximum absolute atomic E-state index is 5.97. The van der Waals surface area contributed by atoms with Crippen molar-refractivity contribution in [1.29, 1.82) is 0 Å². The van der Waals surface area contributed by atoms with Gasteiger partial charge in [0, 0.05) is 29.2 Å². The van der Waals surface area contributed by atoms with E-state index in [1.807, 2.05) is 25.1 Å². The molecule has 1 aromatic carbocycles. The topological polar surface area (TPSA) is 47.7 Å². The average Bonchev–Trinajstić information content (AvgIpc) is 2.37. The minimum atomic E-state index is -0.0533. The number of rotatable bonds is 4. The summed E-state index contributed by atoms with van der Waals surface area (Å²) in [6, 6.07) is 5.88. The Balaban J connectivity index is 1.99. The van der Waals surface area contributed by atoms with E-state index >= 15 is 0 Å². The van der Waals surface area contributed by atoms with Crippen LogP contribution in [-0.2, 0) is 4.74 Å². The van der Waals surface area contributed by atoms with Crippen LogP contribution in [0.5, 0.6) is 5.75 Å². The Kier molecular flexibility index (Phi) is 5.21. The van der Waals surface area contributed by atoms with Crippen molar-refractivity contribution in [2.45, 2.75) is 19.1 Å². The zero-order valence-corrected chi connectivity index (χ0v) is 13.0. The third-order valence-corrected chi connectivity index (χ3v) is 3.72. The molecule has 0 bridgehead atoms. The highest BCUT2D eigenvalue weighted by atomic mass is 79.9. The maximum Gasteiger partial charge on any atom is 0.124 e. The number of halogens is 1. The van der Waals surface area contributed by atoms with Crippen molar-refractivity contribution < 1.29 is 9.47 Å². The summed E-state index contributed by atoms with van der Waals surface area (Å²) in [6.07, 6.45) is 0.128. The SMILES string of the molecule is C[C@@H](N)c1cc(Br)ccc1OCC1CN(C)CCO1. The largest absolute Gasteiger partial charge is 0.490 e. The number of benzene rings is 1. The van der Waals surface area contributed by atoms with Crippen LogP contribution in [0.25, 0.3) is 0 Å². The van der Waals surface area contributed by atoms with Crippen LogP contribution in [0.1, 0.15) is 18.5 Å². The van der Waals surface area contributed by atoms with Crippen LogP contribution >= 0.6 is 15.9 Å². The molecule has 1 fully saturated rings. The van der Waals surface area contributed by atoms with Crippen molar-refractivity contribution in [3.05, 3.63) is 28.2 Å². The van der Waals surface area contributed by atoms with Gasteiger partial charge in [-0.2, -0.15) is 0 Å². The molecule has 0 aliphatic carbocycles. The molecule has 0 spiro atoms. The molecule has 1 aliphatic rings. The standard InChI is InChI=1S/C14H21BrN2O2/c1-10(16)13-7-11(15)3-4-14(13)19-9-12-8-17(2)5-6-18-12/h3-4,7,10,12H,5-6,8-9,16H2,1-2H3/t10-,12?/m1/s1. The van der Waals surface area contributed by atoms with Gasteiger partial charge in [0.2, 0.25) is 0 Å².